The molecule has 1 saturated heterocycles. The summed E-state index contributed by atoms with van der Waals surface area (Å²) in [4.78, 5) is 31.0. The molecule has 0 radical (unpaired) electrons. The van der Waals surface area contributed by atoms with Crippen molar-refractivity contribution in [1.82, 2.24) is 15.2 Å². The van der Waals surface area contributed by atoms with E-state index < -0.39 is 0 Å². The number of amides is 2. The Morgan fingerprint density at radius 2 is 2.15 bits per heavy atom. The maximum atomic E-state index is 12.7. The number of likely N-dealkylation sites (tertiary alicyclic amines) is 1. The van der Waals surface area contributed by atoms with Crippen molar-refractivity contribution in [2.75, 3.05) is 19.7 Å². The maximum absolute atomic E-state index is 12.7. The predicted molar refractivity (Wildman–Crippen MR) is 105 cm³/mol. The maximum Gasteiger partial charge on any atom is 0.255 e. The Bertz CT molecular complexity index is 606. The molecule has 2 heterocycles. The summed E-state index contributed by atoms with van der Waals surface area (Å²) in [5, 5.41) is 12.4. The van der Waals surface area contributed by atoms with Gasteiger partial charge in [-0.1, -0.05) is 27.2 Å². The molecule has 0 aromatic carbocycles. The summed E-state index contributed by atoms with van der Waals surface area (Å²) >= 11 is 0. The van der Waals surface area contributed by atoms with Gasteiger partial charge in [0.2, 0.25) is 5.91 Å². The number of rotatable bonds is 8. The molecule has 1 aliphatic rings. The number of carbonyl (C=O) groups is 2. The van der Waals surface area contributed by atoms with E-state index in [9.17, 15) is 14.7 Å². The molecule has 1 fully saturated rings. The molecule has 1 aromatic rings. The smallest absolute Gasteiger partial charge is 0.255 e. The van der Waals surface area contributed by atoms with Crippen molar-refractivity contribution >= 4 is 11.8 Å². The summed E-state index contributed by atoms with van der Waals surface area (Å²) in [5.41, 5.74) is 0.614. The van der Waals surface area contributed by atoms with Gasteiger partial charge in [0.15, 0.2) is 0 Å². The van der Waals surface area contributed by atoms with Gasteiger partial charge in [0.1, 0.15) is 0 Å². The highest BCUT2D eigenvalue weighted by molar-refractivity contribution is 5.94. The molecular formula is C21H33N3O3. The fourth-order valence-corrected chi connectivity index (χ4v) is 3.94. The van der Waals surface area contributed by atoms with E-state index in [0.29, 0.717) is 36.9 Å². The first kappa shape index (κ1) is 21.4. The summed E-state index contributed by atoms with van der Waals surface area (Å²) in [7, 11) is 0. The van der Waals surface area contributed by atoms with Gasteiger partial charge in [0.25, 0.3) is 5.91 Å². The van der Waals surface area contributed by atoms with Gasteiger partial charge in [-0.2, -0.15) is 0 Å². The van der Waals surface area contributed by atoms with Crippen LogP contribution in [0.3, 0.4) is 0 Å². The van der Waals surface area contributed by atoms with Crippen LogP contribution in [0.15, 0.2) is 24.5 Å². The number of hydrogen-bond donors (Lipinski definition) is 2. The Morgan fingerprint density at radius 3 is 2.74 bits per heavy atom. The molecule has 1 aromatic heterocycles. The summed E-state index contributed by atoms with van der Waals surface area (Å²) in [6.45, 7) is 7.59. The first-order valence-corrected chi connectivity index (χ1v) is 10.0. The van der Waals surface area contributed by atoms with Crippen molar-refractivity contribution in [3.05, 3.63) is 30.1 Å². The number of carbonyl (C=O) groups excluding carboxylic acids is 2. The average Bonchev–Trinajstić information content (AvgIpc) is 2.67. The third kappa shape index (κ3) is 6.31. The number of aliphatic hydroxyl groups excluding tert-OH is 1. The fraction of sp³-hybridized carbons (Fsp3) is 0.667. The summed E-state index contributed by atoms with van der Waals surface area (Å²) in [6, 6.07) is 3.39. The quantitative estimate of drug-likeness (QED) is 0.731. The molecule has 0 spiro atoms. The first-order valence-electron chi connectivity index (χ1n) is 10.0. The Kier molecular flexibility index (Phi) is 8.23. The predicted octanol–water partition coefficient (Wildman–Crippen LogP) is 2.48. The van der Waals surface area contributed by atoms with Crippen molar-refractivity contribution in [1.29, 1.82) is 0 Å². The molecule has 27 heavy (non-hydrogen) atoms. The number of piperidine rings is 1. The third-order valence-electron chi connectivity index (χ3n) is 5.40. The fourth-order valence-electron chi connectivity index (χ4n) is 3.94. The third-order valence-corrected chi connectivity index (χ3v) is 5.40. The Balaban J connectivity index is 1.91. The van der Waals surface area contributed by atoms with Crippen molar-refractivity contribution in [3.63, 3.8) is 0 Å². The van der Waals surface area contributed by atoms with Crippen LogP contribution in [0.5, 0.6) is 0 Å². The summed E-state index contributed by atoms with van der Waals surface area (Å²) in [6.07, 6.45) is 6.26. The number of nitrogens with zero attached hydrogens (tertiary/aromatic N) is 2. The monoisotopic (exact) mass is 375 g/mol. The molecule has 0 bridgehead atoms. The van der Waals surface area contributed by atoms with E-state index >= 15 is 0 Å². The number of nitrogens with one attached hydrogen (secondary N) is 1. The summed E-state index contributed by atoms with van der Waals surface area (Å²) in [5.74, 6) is 1.02. The molecule has 0 unspecified atom stereocenters. The van der Waals surface area contributed by atoms with E-state index in [1.165, 1.54) is 0 Å². The van der Waals surface area contributed by atoms with E-state index in [1.54, 1.807) is 24.5 Å². The lowest BCUT2D eigenvalue weighted by molar-refractivity contribution is -0.124. The first-order chi connectivity index (χ1) is 12.9. The van der Waals surface area contributed by atoms with Crippen LogP contribution >= 0.6 is 0 Å². The zero-order chi connectivity index (χ0) is 19.8. The Hall–Kier alpha value is -1.95. The normalized spacial score (nSPS) is 21.1. The summed E-state index contributed by atoms with van der Waals surface area (Å²) < 4.78 is 0. The van der Waals surface area contributed by atoms with Crippen LogP contribution in [0.2, 0.25) is 0 Å². The second kappa shape index (κ2) is 10.4. The standard InChI is InChI=1S/C21H33N3O3/c1-4-16-13-24(21(27)18-6-5-8-22-12-18)9-7-17(16)11-20(26)23-19(14-25)10-15(2)3/h5-6,8,12,15-17,19,25H,4,7,9-11,13-14H2,1-3H3,(H,23,26)/t16-,17+,19-/m1/s1. The molecule has 6 nitrogen and oxygen atoms in total. The minimum atomic E-state index is -0.176. The second-order valence-corrected chi connectivity index (χ2v) is 7.99. The van der Waals surface area contributed by atoms with Crippen LogP contribution in [-0.2, 0) is 4.79 Å². The minimum Gasteiger partial charge on any atom is -0.394 e. The van der Waals surface area contributed by atoms with E-state index in [1.807, 2.05) is 4.90 Å². The Morgan fingerprint density at radius 1 is 1.37 bits per heavy atom. The highest BCUT2D eigenvalue weighted by atomic mass is 16.3. The zero-order valence-corrected chi connectivity index (χ0v) is 16.7. The van der Waals surface area contributed by atoms with E-state index in [-0.39, 0.29) is 30.4 Å². The largest absolute Gasteiger partial charge is 0.394 e. The van der Waals surface area contributed by atoms with Crippen LogP contribution in [0, 0.1) is 17.8 Å². The van der Waals surface area contributed by atoms with Crippen molar-refractivity contribution in [2.45, 2.75) is 52.5 Å². The number of aliphatic hydroxyl groups is 1. The number of aromatic nitrogens is 1. The second-order valence-electron chi connectivity index (χ2n) is 7.99. The Labute approximate surface area is 162 Å². The molecule has 2 amide bonds. The van der Waals surface area contributed by atoms with Crippen LogP contribution in [0.25, 0.3) is 0 Å². The van der Waals surface area contributed by atoms with Crippen LogP contribution in [0.1, 0.15) is 56.8 Å². The lowest BCUT2D eigenvalue weighted by atomic mass is 9.81. The van der Waals surface area contributed by atoms with Gasteiger partial charge in [-0.05, 0) is 42.7 Å². The van der Waals surface area contributed by atoms with Crippen molar-refractivity contribution in [2.24, 2.45) is 17.8 Å². The SMILES string of the molecule is CC[C@@H]1CN(C(=O)c2cccnc2)CC[C@H]1CC(=O)N[C@@H](CO)CC(C)C. The average molecular weight is 376 g/mol. The minimum absolute atomic E-state index is 0.00480. The van der Waals surface area contributed by atoms with Crippen molar-refractivity contribution in [3.8, 4) is 0 Å². The number of pyridine rings is 1. The highest BCUT2D eigenvalue weighted by Crippen LogP contribution is 2.29. The van der Waals surface area contributed by atoms with E-state index in [4.69, 9.17) is 0 Å². The molecule has 2 rings (SSSR count). The number of hydrogen-bond acceptors (Lipinski definition) is 4. The van der Waals surface area contributed by atoms with E-state index in [2.05, 4.69) is 31.1 Å². The lowest BCUT2D eigenvalue weighted by Crippen LogP contribution is -2.46. The topological polar surface area (TPSA) is 82.5 Å². The molecular weight excluding hydrogens is 342 g/mol. The molecule has 0 saturated carbocycles. The van der Waals surface area contributed by atoms with Gasteiger partial charge >= 0.3 is 0 Å². The van der Waals surface area contributed by atoms with E-state index in [0.717, 1.165) is 19.3 Å². The van der Waals surface area contributed by atoms with Gasteiger partial charge in [-0.3, -0.25) is 14.6 Å². The molecule has 3 atom stereocenters. The van der Waals surface area contributed by atoms with Gasteiger partial charge in [0.05, 0.1) is 18.2 Å². The lowest BCUT2D eigenvalue weighted by Gasteiger charge is -2.38. The molecule has 0 aliphatic carbocycles. The van der Waals surface area contributed by atoms with Gasteiger partial charge < -0.3 is 15.3 Å². The molecule has 150 valence electrons. The molecule has 1 aliphatic heterocycles. The van der Waals surface area contributed by atoms with Crippen molar-refractivity contribution < 1.29 is 14.7 Å². The van der Waals surface area contributed by atoms with Gasteiger partial charge in [-0.25, -0.2) is 0 Å². The van der Waals surface area contributed by atoms with Crippen LogP contribution in [0.4, 0.5) is 0 Å². The van der Waals surface area contributed by atoms with Crippen LogP contribution < -0.4 is 5.32 Å². The molecule has 6 heteroatoms. The zero-order valence-electron chi connectivity index (χ0n) is 16.7. The van der Waals surface area contributed by atoms with Crippen LogP contribution in [-0.4, -0.2) is 52.5 Å². The van der Waals surface area contributed by atoms with Gasteiger partial charge in [-0.15, -0.1) is 0 Å². The highest BCUT2D eigenvalue weighted by Gasteiger charge is 2.32. The van der Waals surface area contributed by atoms with Gasteiger partial charge in [0, 0.05) is 31.9 Å². The molecule has 2 N–H and O–H groups in total.